The first-order valence-corrected chi connectivity index (χ1v) is 9.78. The second-order valence-electron chi connectivity index (χ2n) is 8.93. The second kappa shape index (κ2) is 9.45. The summed E-state index contributed by atoms with van der Waals surface area (Å²) in [7, 11) is 0. The summed E-state index contributed by atoms with van der Waals surface area (Å²) in [6.45, 7) is 16.0. The van der Waals surface area contributed by atoms with E-state index in [0.29, 0.717) is 17.6 Å². The van der Waals surface area contributed by atoms with Crippen LogP contribution < -0.4 is 10.6 Å². The zero-order valence-electron chi connectivity index (χ0n) is 18.1. The number of carbonyl (C=O) groups excluding carboxylic acids is 2. The molecule has 0 spiro atoms. The third-order valence-corrected chi connectivity index (χ3v) is 3.98. The Kier molecular flexibility index (Phi) is 8.11. The van der Waals surface area contributed by atoms with Crippen molar-refractivity contribution < 1.29 is 14.3 Å². The molecule has 0 aliphatic heterocycles. The molecule has 0 radical (unpaired) electrons. The van der Waals surface area contributed by atoms with Gasteiger partial charge >= 0.3 is 6.09 Å². The zero-order chi connectivity index (χ0) is 21.7. The highest BCUT2D eigenvalue weighted by molar-refractivity contribution is 6.31. The largest absolute Gasteiger partial charge is 0.444 e. The van der Waals surface area contributed by atoms with Gasteiger partial charge in [0, 0.05) is 24.7 Å². The first kappa shape index (κ1) is 24.0. The SMILES string of the molecule is Cc1nn(CC(C)C)c(Cl)c1/C=C/C(=O)NC(C)(C)CNC(=O)OC(C)(C)C. The van der Waals surface area contributed by atoms with Gasteiger partial charge in [-0.3, -0.25) is 9.48 Å². The summed E-state index contributed by atoms with van der Waals surface area (Å²) < 4.78 is 6.94. The Bertz CT molecular complexity index is 731. The number of hydrogen-bond donors (Lipinski definition) is 2. The van der Waals surface area contributed by atoms with Crippen molar-refractivity contribution in [2.75, 3.05) is 6.54 Å². The standard InChI is InChI=1S/C20H33ClN4O3/c1-13(2)11-25-17(21)15(14(3)24-25)9-10-16(26)23-20(7,8)12-22-18(27)28-19(4,5)6/h9-10,13H,11-12H2,1-8H3,(H,22,27)(H,23,26)/b10-9+. The summed E-state index contributed by atoms with van der Waals surface area (Å²) in [6.07, 6.45) is 2.56. The summed E-state index contributed by atoms with van der Waals surface area (Å²) in [5, 5.41) is 10.5. The van der Waals surface area contributed by atoms with Crippen LogP contribution in [0.4, 0.5) is 4.79 Å². The Labute approximate surface area is 172 Å². The molecular weight excluding hydrogens is 380 g/mol. The third kappa shape index (κ3) is 8.33. The van der Waals surface area contributed by atoms with E-state index in [1.165, 1.54) is 6.08 Å². The van der Waals surface area contributed by atoms with Gasteiger partial charge < -0.3 is 15.4 Å². The van der Waals surface area contributed by atoms with Crippen LogP contribution in [-0.4, -0.2) is 39.5 Å². The number of aryl methyl sites for hydroxylation is 1. The number of ether oxygens (including phenoxy) is 1. The van der Waals surface area contributed by atoms with Crippen LogP contribution in [-0.2, 0) is 16.1 Å². The van der Waals surface area contributed by atoms with E-state index < -0.39 is 17.2 Å². The molecule has 7 nitrogen and oxygen atoms in total. The highest BCUT2D eigenvalue weighted by Gasteiger charge is 2.23. The van der Waals surface area contributed by atoms with Crippen molar-refractivity contribution in [3.63, 3.8) is 0 Å². The molecule has 0 atom stereocenters. The molecule has 1 heterocycles. The normalized spacial score (nSPS) is 12.5. The van der Waals surface area contributed by atoms with Crippen LogP contribution in [0.25, 0.3) is 6.08 Å². The average molecular weight is 413 g/mol. The minimum absolute atomic E-state index is 0.230. The van der Waals surface area contributed by atoms with Gasteiger partial charge in [-0.25, -0.2) is 4.79 Å². The molecule has 1 rings (SSSR count). The van der Waals surface area contributed by atoms with Gasteiger partial charge in [0.15, 0.2) is 0 Å². The predicted molar refractivity (Wildman–Crippen MR) is 112 cm³/mol. The Balaban J connectivity index is 2.68. The van der Waals surface area contributed by atoms with E-state index in [1.807, 2.05) is 20.8 Å². The molecule has 0 aliphatic carbocycles. The van der Waals surface area contributed by atoms with Crippen LogP contribution in [0.1, 0.15) is 59.7 Å². The van der Waals surface area contributed by atoms with E-state index in [2.05, 4.69) is 29.6 Å². The topological polar surface area (TPSA) is 85.3 Å². The Hall–Kier alpha value is -2.02. The van der Waals surface area contributed by atoms with Gasteiger partial charge in [0.1, 0.15) is 10.8 Å². The van der Waals surface area contributed by atoms with Gasteiger partial charge in [-0.1, -0.05) is 25.4 Å². The zero-order valence-corrected chi connectivity index (χ0v) is 18.9. The van der Waals surface area contributed by atoms with Crippen molar-refractivity contribution in [1.29, 1.82) is 0 Å². The summed E-state index contributed by atoms with van der Waals surface area (Å²) in [4.78, 5) is 24.1. The number of aromatic nitrogens is 2. The van der Waals surface area contributed by atoms with Gasteiger partial charge in [-0.15, -0.1) is 0 Å². The fourth-order valence-electron chi connectivity index (χ4n) is 2.41. The lowest BCUT2D eigenvalue weighted by atomic mass is 10.1. The van der Waals surface area contributed by atoms with E-state index in [4.69, 9.17) is 16.3 Å². The third-order valence-electron chi connectivity index (χ3n) is 3.58. The molecular formula is C20H33ClN4O3. The van der Waals surface area contributed by atoms with E-state index in [1.54, 1.807) is 31.5 Å². The maximum Gasteiger partial charge on any atom is 0.407 e. The molecule has 1 aromatic heterocycles. The average Bonchev–Trinajstić information content (AvgIpc) is 2.75. The summed E-state index contributed by atoms with van der Waals surface area (Å²) in [6, 6.07) is 0. The number of carbonyl (C=O) groups is 2. The summed E-state index contributed by atoms with van der Waals surface area (Å²) in [5.74, 6) is 0.123. The summed E-state index contributed by atoms with van der Waals surface area (Å²) >= 11 is 6.38. The lowest BCUT2D eigenvalue weighted by Crippen LogP contribution is -2.51. The molecule has 0 fully saturated rings. The molecule has 0 bridgehead atoms. The Morgan fingerprint density at radius 1 is 1.25 bits per heavy atom. The van der Waals surface area contributed by atoms with Crippen molar-refractivity contribution in [3.05, 3.63) is 22.5 Å². The number of hydrogen-bond acceptors (Lipinski definition) is 4. The monoisotopic (exact) mass is 412 g/mol. The van der Waals surface area contributed by atoms with E-state index in [-0.39, 0.29) is 12.5 Å². The Morgan fingerprint density at radius 2 is 1.86 bits per heavy atom. The van der Waals surface area contributed by atoms with E-state index in [0.717, 1.165) is 11.3 Å². The quantitative estimate of drug-likeness (QED) is 0.664. The number of rotatable bonds is 7. The first-order valence-electron chi connectivity index (χ1n) is 9.40. The minimum Gasteiger partial charge on any atom is -0.444 e. The van der Waals surface area contributed by atoms with Crippen molar-refractivity contribution in [3.8, 4) is 0 Å². The molecule has 0 saturated carbocycles. The van der Waals surface area contributed by atoms with Crippen molar-refractivity contribution in [2.45, 2.75) is 73.1 Å². The number of amides is 2. The maximum absolute atomic E-state index is 12.3. The molecule has 0 aromatic carbocycles. The highest BCUT2D eigenvalue weighted by atomic mass is 35.5. The first-order chi connectivity index (χ1) is 12.7. The van der Waals surface area contributed by atoms with Crippen LogP contribution in [0.5, 0.6) is 0 Å². The molecule has 8 heteroatoms. The number of nitrogens with zero attached hydrogens (tertiary/aromatic N) is 2. The van der Waals surface area contributed by atoms with E-state index >= 15 is 0 Å². The second-order valence-corrected chi connectivity index (χ2v) is 9.29. The number of alkyl carbamates (subject to hydrolysis) is 1. The van der Waals surface area contributed by atoms with E-state index in [9.17, 15) is 9.59 Å². The van der Waals surface area contributed by atoms with Gasteiger partial charge in [0.25, 0.3) is 0 Å². The minimum atomic E-state index is -0.654. The maximum atomic E-state index is 12.3. The smallest absolute Gasteiger partial charge is 0.407 e. The lowest BCUT2D eigenvalue weighted by Gasteiger charge is -2.27. The van der Waals surface area contributed by atoms with Crippen LogP contribution in [0, 0.1) is 12.8 Å². The molecule has 1 aromatic rings. The van der Waals surface area contributed by atoms with Crippen LogP contribution in [0.15, 0.2) is 6.08 Å². The van der Waals surface area contributed by atoms with Gasteiger partial charge in [-0.05, 0) is 53.5 Å². The highest BCUT2D eigenvalue weighted by Crippen LogP contribution is 2.22. The van der Waals surface area contributed by atoms with Crippen molar-refractivity contribution in [1.82, 2.24) is 20.4 Å². The van der Waals surface area contributed by atoms with Crippen molar-refractivity contribution in [2.24, 2.45) is 5.92 Å². The molecule has 0 aliphatic rings. The number of nitrogens with one attached hydrogen (secondary N) is 2. The lowest BCUT2D eigenvalue weighted by molar-refractivity contribution is -0.117. The fourth-order valence-corrected chi connectivity index (χ4v) is 2.72. The predicted octanol–water partition coefficient (Wildman–Crippen LogP) is 3.93. The summed E-state index contributed by atoms with van der Waals surface area (Å²) in [5.41, 5.74) is 0.263. The molecule has 2 amide bonds. The van der Waals surface area contributed by atoms with Gasteiger partial charge in [0.05, 0.1) is 11.2 Å². The van der Waals surface area contributed by atoms with Crippen LogP contribution in [0.2, 0.25) is 5.15 Å². The van der Waals surface area contributed by atoms with Crippen LogP contribution in [0.3, 0.4) is 0 Å². The van der Waals surface area contributed by atoms with Gasteiger partial charge in [0.2, 0.25) is 5.91 Å². The van der Waals surface area contributed by atoms with Crippen LogP contribution >= 0.6 is 11.6 Å². The molecule has 0 saturated heterocycles. The molecule has 28 heavy (non-hydrogen) atoms. The fraction of sp³-hybridized carbons (Fsp3) is 0.650. The Morgan fingerprint density at radius 3 is 2.39 bits per heavy atom. The molecule has 2 N–H and O–H groups in total. The number of halogens is 1. The van der Waals surface area contributed by atoms with Crippen molar-refractivity contribution >= 4 is 29.7 Å². The van der Waals surface area contributed by atoms with Gasteiger partial charge in [-0.2, -0.15) is 5.10 Å². The molecule has 158 valence electrons. The molecule has 0 unspecified atom stereocenters.